The van der Waals surface area contributed by atoms with Gasteiger partial charge in [0.1, 0.15) is 5.75 Å². The van der Waals surface area contributed by atoms with Crippen LogP contribution < -0.4 is 0 Å². The number of aryl methyl sites for hydroxylation is 1. The highest BCUT2D eigenvalue weighted by Gasteiger charge is 2.18. The predicted octanol–water partition coefficient (Wildman–Crippen LogP) is 0.782. The van der Waals surface area contributed by atoms with Crippen molar-refractivity contribution in [3.63, 3.8) is 0 Å². The molecular weight excluding hydrogens is 234 g/mol. The third kappa shape index (κ3) is 3.72. The number of aliphatic hydroxyl groups is 1. The number of aromatic hydroxyl groups is 1. The first kappa shape index (κ1) is 14.5. The molecule has 0 fully saturated rings. The molecule has 0 aliphatic carbocycles. The average Bonchev–Trinajstić information content (AvgIpc) is 2.33. The molecule has 0 aromatic heterocycles. The van der Waals surface area contributed by atoms with Crippen molar-refractivity contribution >= 4 is 5.91 Å². The fraction of sp³-hybridized carbons (Fsp3) is 0.462. The van der Waals surface area contributed by atoms with Crippen LogP contribution in [-0.2, 0) is 4.74 Å². The molecule has 0 saturated carbocycles. The Bertz CT molecular complexity index is 406. The molecule has 0 radical (unpaired) electrons. The van der Waals surface area contributed by atoms with Gasteiger partial charge in [-0.1, -0.05) is 6.07 Å². The molecule has 5 nitrogen and oxygen atoms in total. The van der Waals surface area contributed by atoms with Gasteiger partial charge >= 0.3 is 0 Å². The molecule has 0 saturated heterocycles. The van der Waals surface area contributed by atoms with Gasteiger partial charge in [0.2, 0.25) is 0 Å². The Hall–Kier alpha value is -1.59. The summed E-state index contributed by atoms with van der Waals surface area (Å²) in [6.07, 6.45) is 0. The Kier molecular flexibility index (Phi) is 5.61. The van der Waals surface area contributed by atoms with Gasteiger partial charge in [-0.15, -0.1) is 0 Å². The Morgan fingerprint density at radius 1 is 1.39 bits per heavy atom. The third-order valence-electron chi connectivity index (χ3n) is 2.61. The summed E-state index contributed by atoms with van der Waals surface area (Å²) in [5, 5.41) is 18.7. The SMILES string of the molecule is COCCN(CCO)C(=O)c1ccc(C)cc1O. The van der Waals surface area contributed by atoms with Crippen LogP contribution in [0.5, 0.6) is 5.75 Å². The van der Waals surface area contributed by atoms with Crippen LogP contribution >= 0.6 is 0 Å². The first-order valence-corrected chi connectivity index (χ1v) is 5.78. The van der Waals surface area contributed by atoms with Crippen LogP contribution in [0.25, 0.3) is 0 Å². The topological polar surface area (TPSA) is 70.0 Å². The van der Waals surface area contributed by atoms with Crippen molar-refractivity contribution in [2.75, 3.05) is 33.4 Å². The normalized spacial score (nSPS) is 10.4. The molecule has 0 aliphatic rings. The highest BCUT2D eigenvalue weighted by atomic mass is 16.5. The molecule has 100 valence electrons. The summed E-state index contributed by atoms with van der Waals surface area (Å²) in [6.45, 7) is 2.70. The van der Waals surface area contributed by atoms with Gasteiger partial charge in [-0.3, -0.25) is 4.79 Å². The van der Waals surface area contributed by atoms with E-state index in [2.05, 4.69) is 0 Å². The van der Waals surface area contributed by atoms with Crippen molar-refractivity contribution in [3.05, 3.63) is 29.3 Å². The number of methoxy groups -OCH3 is 1. The molecule has 1 aromatic carbocycles. The zero-order valence-electron chi connectivity index (χ0n) is 10.7. The quantitative estimate of drug-likeness (QED) is 0.786. The second-order valence-electron chi connectivity index (χ2n) is 4.03. The lowest BCUT2D eigenvalue weighted by Crippen LogP contribution is -2.36. The number of phenolic OH excluding ortho intramolecular Hbond substituents is 1. The average molecular weight is 253 g/mol. The number of hydrogen-bond donors (Lipinski definition) is 2. The Labute approximate surface area is 107 Å². The third-order valence-corrected chi connectivity index (χ3v) is 2.61. The van der Waals surface area contributed by atoms with Gasteiger partial charge in [0.25, 0.3) is 5.91 Å². The van der Waals surface area contributed by atoms with Crippen molar-refractivity contribution in [3.8, 4) is 5.75 Å². The zero-order chi connectivity index (χ0) is 13.5. The second-order valence-corrected chi connectivity index (χ2v) is 4.03. The highest BCUT2D eigenvalue weighted by Crippen LogP contribution is 2.20. The number of phenols is 1. The largest absolute Gasteiger partial charge is 0.507 e. The van der Waals surface area contributed by atoms with Gasteiger partial charge in [0.15, 0.2) is 0 Å². The second kappa shape index (κ2) is 6.98. The van der Waals surface area contributed by atoms with Gasteiger partial charge < -0.3 is 19.8 Å². The Balaban J connectivity index is 2.87. The summed E-state index contributed by atoms with van der Waals surface area (Å²) in [6, 6.07) is 4.89. The molecule has 0 unspecified atom stereocenters. The van der Waals surface area contributed by atoms with Crippen LogP contribution in [-0.4, -0.2) is 54.4 Å². The maximum atomic E-state index is 12.2. The molecule has 0 bridgehead atoms. The molecule has 0 atom stereocenters. The number of carbonyl (C=O) groups excluding carboxylic acids is 1. The van der Waals surface area contributed by atoms with E-state index in [0.717, 1.165) is 5.56 Å². The molecule has 0 spiro atoms. The van der Waals surface area contributed by atoms with Gasteiger partial charge in [0, 0.05) is 20.2 Å². The van der Waals surface area contributed by atoms with Crippen molar-refractivity contribution in [2.45, 2.75) is 6.92 Å². The summed E-state index contributed by atoms with van der Waals surface area (Å²) in [5.41, 5.74) is 1.12. The van der Waals surface area contributed by atoms with E-state index in [1.165, 1.54) is 4.90 Å². The maximum Gasteiger partial charge on any atom is 0.257 e. The van der Waals surface area contributed by atoms with Gasteiger partial charge in [-0.2, -0.15) is 0 Å². The minimum absolute atomic E-state index is 0.0413. The molecule has 18 heavy (non-hydrogen) atoms. The molecule has 1 amide bonds. The lowest BCUT2D eigenvalue weighted by molar-refractivity contribution is 0.0653. The van der Waals surface area contributed by atoms with E-state index < -0.39 is 0 Å². The van der Waals surface area contributed by atoms with Crippen LogP contribution in [0, 0.1) is 6.92 Å². The van der Waals surface area contributed by atoms with Crippen LogP contribution in [0.2, 0.25) is 0 Å². The summed E-state index contributed by atoms with van der Waals surface area (Å²) in [7, 11) is 1.55. The number of carbonyl (C=O) groups is 1. The Morgan fingerprint density at radius 3 is 2.67 bits per heavy atom. The molecule has 0 heterocycles. The van der Waals surface area contributed by atoms with Gasteiger partial charge in [-0.05, 0) is 24.6 Å². The number of aliphatic hydroxyl groups excluding tert-OH is 1. The van der Waals surface area contributed by atoms with Crippen molar-refractivity contribution in [1.29, 1.82) is 0 Å². The van der Waals surface area contributed by atoms with Gasteiger partial charge in [-0.25, -0.2) is 0 Å². The van der Waals surface area contributed by atoms with E-state index in [-0.39, 0.29) is 30.4 Å². The predicted molar refractivity (Wildman–Crippen MR) is 67.7 cm³/mol. The molecule has 0 aliphatic heterocycles. The molecule has 1 rings (SSSR count). The minimum Gasteiger partial charge on any atom is -0.507 e. The van der Waals surface area contributed by atoms with E-state index in [0.29, 0.717) is 13.2 Å². The van der Waals surface area contributed by atoms with Crippen LogP contribution in [0.15, 0.2) is 18.2 Å². The summed E-state index contributed by atoms with van der Waals surface area (Å²) in [4.78, 5) is 13.6. The van der Waals surface area contributed by atoms with Crippen molar-refractivity contribution < 1.29 is 19.7 Å². The van der Waals surface area contributed by atoms with Crippen LogP contribution in [0.1, 0.15) is 15.9 Å². The van der Waals surface area contributed by atoms with E-state index in [9.17, 15) is 9.90 Å². The molecular formula is C13H19NO4. The summed E-state index contributed by atoms with van der Waals surface area (Å²) in [5.74, 6) is -0.348. The van der Waals surface area contributed by atoms with Crippen molar-refractivity contribution in [1.82, 2.24) is 4.90 Å². The summed E-state index contributed by atoms with van der Waals surface area (Å²) >= 11 is 0. The van der Waals surface area contributed by atoms with Crippen molar-refractivity contribution in [2.24, 2.45) is 0 Å². The van der Waals surface area contributed by atoms with E-state index in [1.807, 2.05) is 6.92 Å². The van der Waals surface area contributed by atoms with E-state index in [1.54, 1.807) is 25.3 Å². The number of nitrogens with zero attached hydrogens (tertiary/aromatic N) is 1. The first-order valence-electron chi connectivity index (χ1n) is 5.78. The Morgan fingerprint density at radius 2 is 2.11 bits per heavy atom. The highest BCUT2D eigenvalue weighted by molar-refractivity contribution is 5.96. The number of benzene rings is 1. The number of hydrogen-bond acceptors (Lipinski definition) is 4. The first-order chi connectivity index (χ1) is 8.60. The molecule has 1 aromatic rings. The standard InChI is InChI=1S/C13H19NO4/c1-10-3-4-11(12(16)9-10)13(17)14(5-7-15)6-8-18-2/h3-4,9,15-16H,5-8H2,1-2H3. The number of amides is 1. The number of rotatable bonds is 6. The maximum absolute atomic E-state index is 12.2. The monoisotopic (exact) mass is 253 g/mol. The zero-order valence-corrected chi connectivity index (χ0v) is 10.7. The fourth-order valence-corrected chi connectivity index (χ4v) is 1.63. The summed E-state index contributed by atoms with van der Waals surface area (Å²) < 4.78 is 4.92. The smallest absolute Gasteiger partial charge is 0.257 e. The lowest BCUT2D eigenvalue weighted by Gasteiger charge is -2.21. The van der Waals surface area contributed by atoms with E-state index >= 15 is 0 Å². The number of ether oxygens (including phenoxy) is 1. The van der Waals surface area contributed by atoms with Gasteiger partial charge in [0.05, 0.1) is 18.8 Å². The van der Waals surface area contributed by atoms with Crippen LogP contribution in [0.3, 0.4) is 0 Å². The lowest BCUT2D eigenvalue weighted by atomic mass is 10.1. The fourth-order valence-electron chi connectivity index (χ4n) is 1.63. The van der Waals surface area contributed by atoms with E-state index in [4.69, 9.17) is 9.84 Å². The molecule has 2 N–H and O–H groups in total. The van der Waals surface area contributed by atoms with Crippen LogP contribution in [0.4, 0.5) is 0 Å². The minimum atomic E-state index is -0.307. The molecule has 5 heteroatoms.